The van der Waals surface area contributed by atoms with Gasteiger partial charge in [0, 0.05) is 0 Å². The van der Waals surface area contributed by atoms with Crippen LogP contribution in [0.4, 0.5) is 5.69 Å². The zero-order chi connectivity index (χ0) is 12.1. The van der Waals surface area contributed by atoms with Gasteiger partial charge in [0.25, 0.3) is 0 Å². The predicted molar refractivity (Wildman–Crippen MR) is 65.3 cm³/mol. The van der Waals surface area contributed by atoms with E-state index < -0.39 is 6.04 Å². The number of hydrogen-bond acceptors (Lipinski definition) is 3. The Hall–Kier alpha value is -1.13. The summed E-state index contributed by atoms with van der Waals surface area (Å²) in [6.45, 7) is 4.05. The third-order valence-electron chi connectivity index (χ3n) is 2.06. The molecule has 0 saturated carbocycles. The monoisotopic (exact) mass is 241 g/mol. The molecule has 5 heteroatoms. The van der Waals surface area contributed by atoms with Crippen LogP contribution < -0.4 is 11.1 Å². The molecule has 0 radical (unpaired) electrons. The molecule has 0 aliphatic heterocycles. The van der Waals surface area contributed by atoms with Crippen LogP contribution in [0, 0.1) is 5.92 Å². The lowest BCUT2D eigenvalue weighted by atomic mass is 10.0. The number of hydrogen-bond donors (Lipinski definition) is 2. The van der Waals surface area contributed by atoms with Crippen molar-refractivity contribution >= 4 is 23.2 Å². The van der Waals surface area contributed by atoms with E-state index in [0.29, 0.717) is 23.2 Å². The molecule has 0 bridgehead atoms. The van der Waals surface area contributed by atoms with Crippen LogP contribution >= 0.6 is 11.6 Å². The number of nitrogens with one attached hydrogen (secondary N) is 1. The quantitative estimate of drug-likeness (QED) is 0.793. The Morgan fingerprint density at radius 1 is 1.56 bits per heavy atom. The Labute approximate surface area is 100 Å². The summed E-state index contributed by atoms with van der Waals surface area (Å²) >= 11 is 5.63. The summed E-state index contributed by atoms with van der Waals surface area (Å²) in [4.78, 5) is 15.5. The molecule has 3 N–H and O–H groups in total. The van der Waals surface area contributed by atoms with Crippen molar-refractivity contribution in [1.29, 1.82) is 0 Å². The SMILES string of the molecule is CC(C)C[C@@H](N)C(=O)Nc1ccc(Cl)nc1. The highest BCUT2D eigenvalue weighted by molar-refractivity contribution is 6.29. The third-order valence-corrected chi connectivity index (χ3v) is 2.28. The molecule has 16 heavy (non-hydrogen) atoms. The highest BCUT2D eigenvalue weighted by Gasteiger charge is 2.14. The number of anilines is 1. The smallest absolute Gasteiger partial charge is 0.241 e. The molecule has 0 fully saturated rings. The average molecular weight is 242 g/mol. The summed E-state index contributed by atoms with van der Waals surface area (Å²) in [6.07, 6.45) is 2.16. The molecule has 1 atom stereocenters. The van der Waals surface area contributed by atoms with Crippen molar-refractivity contribution in [1.82, 2.24) is 4.98 Å². The Kier molecular flexibility index (Phi) is 4.71. The molecule has 1 amide bonds. The van der Waals surface area contributed by atoms with Gasteiger partial charge in [0.1, 0.15) is 5.15 Å². The Balaban J connectivity index is 2.54. The Morgan fingerprint density at radius 2 is 2.25 bits per heavy atom. The maximum Gasteiger partial charge on any atom is 0.241 e. The van der Waals surface area contributed by atoms with Gasteiger partial charge in [0.15, 0.2) is 0 Å². The summed E-state index contributed by atoms with van der Waals surface area (Å²) in [6, 6.07) is 2.82. The molecule has 1 aromatic rings. The van der Waals surface area contributed by atoms with E-state index in [0.717, 1.165) is 0 Å². The fourth-order valence-electron chi connectivity index (χ4n) is 1.30. The zero-order valence-electron chi connectivity index (χ0n) is 9.40. The zero-order valence-corrected chi connectivity index (χ0v) is 10.2. The van der Waals surface area contributed by atoms with Gasteiger partial charge in [-0.25, -0.2) is 4.98 Å². The number of amides is 1. The van der Waals surface area contributed by atoms with Gasteiger partial charge in [-0.05, 0) is 24.5 Å². The lowest BCUT2D eigenvalue weighted by Crippen LogP contribution is -2.36. The van der Waals surface area contributed by atoms with Crippen LogP contribution in [0.2, 0.25) is 5.15 Å². The van der Waals surface area contributed by atoms with Crippen molar-refractivity contribution in [2.45, 2.75) is 26.3 Å². The van der Waals surface area contributed by atoms with Crippen LogP contribution in [0.15, 0.2) is 18.3 Å². The second-order valence-electron chi connectivity index (χ2n) is 4.09. The first-order valence-corrected chi connectivity index (χ1v) is 5.55. The van der Waals surface area contributed by atoms with E-state index in [9.17, 15) is 4.79 Å². The van der Waals surface area contributed by atoms with E-state index in [1.54, 1.807) is 12.1 Å². The van der Waals surface area contributed by atoms with Crippen LogP contribution in [0.25, 0.3) is 0 Å². The highest BCUT2D eigenvalue weighted by atomic mass is 35.5. The van der Waals surface area contributed by atoms with Gasteiger partial charge in [-0.3, -0.25) is 4.79 Å². The van der Waals surface area contributed by atoms with Gasteiger partial charge >= 0.3 is 0 Å². The highest BCUT2D eigenvalue weighted by Crippen LogP contribution is 2.11. The Bertz CT molecular complexity index is 351. The summed E-state index contributed by atoms with van der Waals surface area (Å²) in [5.41, 5.74) is 6.34. The number of nitrogens with zero attached hydrogens (tertiary/aromatic N) is 1. The number of pyridine rings is 1. The van der Waals surface area contributed by atoms with Gasteiger partial charge in [0.05, 0.1) is 17.9 Å². The maximum atomic E-state index is 11.6. The first kappa shape index (κ1) is 12.9. The van der Waals surface area contributed by atoms with Crippen molar-refractivity contribution in [3.05, 3.63) is 23.5 Å². The number of nitrogens with two attached hydrogens (primary N) is 1. The molecular formula is C11H16ClN3O. The largest absolute Gasteiger partial charge is 0.323 e. The maximum absolute atomic E-state index is 11.6. The molecule has 0 aliphatic rings. The number of carbonyl (C=O) groups is 1. The van der Waals surface area contributed by atoms with Crippen LogP contribution in [0.3, 0.4) is 0 Å². The van der Waals surface area contributed by atoms with E-state index in [1.807, 2.05) is 13.8 Å². The minimum atomic E-state index is -0.490. The number of rotatable bonds is 4. The normalized spacial score (nSPS) is 12.6. The molecule has 1 rings (SSSR count). The van der Waals surface area contributed by atoms with Gasteiger partial charge in [-0.2, -0.15) is 0 Å². The van der Waals surface area contributed by atoms with Crippen LogP contribution in [-0.2, 0) is 4.79 Å². The first-order chi connectivity index (χ1) is 7.49. The predicted octanol–water partition coefficient (Wildman–Crippen LogP) is 2.05. The molecule has 0 aromatic carbocycles. The minimum absolute atomic E-state index is 0.196. The van der Waals surface area contributed by atoms with Crippen molar-refractivity contribution in [2.75, 3.05) is 5.32 Å². The standard InChI is InChI=1S/C11H16ClN3O/c1-7(2)5-9(13)11(16)15-8-3-4-10(12)14-6-8/h3-4,6-7,9H,5,13H2,1-2H3,(H,15,16)/t9-/m1/s1. The summed E-state index contributed by atoms with van der Waals surface area (Å²) in [5, 5.41) is 3.08. The molecule has 0 spiro atoms. The van der Waals surface area contributed by atoms with Crippen molar-refractivity contribution in [2.24, 2.45) is 11.7 Å². The summed E-state index contributed by atoms with van der Waals surface area (Å²) < 4.78 is 0. The molecule has 88 valence electrons. The van der Waals surface area contributed by atoms with Crippen molar-refractivity contribution in [3.8, 4) is 0 Å². The van der Waals surface area contributed by atoms with Crippen molar-refractivity contribution in [3.63, 3.8) is 0 Å². The molecular weight excluding hydrogens is 226 g/mol. The summed E-state index contributed by atoms with van der Waals surface area (Å²) in [7, 11) is 0. The first-order valence-electron chi connectivity index (χ1n) is 5.17. The number of carbonyl (C=O) groups excluding carboxylic acids is 1. The van der Waals surface area contributed by atoms with Crippen LogP contribution in [0.5, 0.6) is 0 Å². The number of aromatic nitrogens is 1. The fraction of sp³-hybridized carbons (Fsp3) is 0.455. The topological polar surface area (TPSA) is 68.0 Å². The van der Waals surface area contributed by atoms with Crippen LogP contribution in [-0.4, -0.2) is 16.9 Å². The molecule has 0 saturated heterocycles. The van der Waals surface area contributed by atoms with E-state index in [2.05, 4.69) is 10.3 Å². The lowest BCUT2D eigenvalue weighted by molar-refractivity contribution is -0.117. The van der Waals surface area contributed by atoms with Crippen molar-refractivity contribution < 1.29 is 4.79 Å². The molecule has 0 unspecified atom stereocenters. The summed E-state index contributed by atoms with van der Waals surface area (Å²) in [5.74, 6) is 0.196. The Morgan fingerprint density at radius 3 is 2.75 bits per heavy atom. The van der Waals surface area contributed by atoms with Gasteiger partial charge < -0.3 is 11.1 Å². The van der Waals surface area contributed by atoms with Gasteiger partial charge in [0.2, 0.25) is 5.91 Å². The van der Waals surface area contributed by atoms with Crippen LogP contribution in [0.1, 0.15) is 20.3 Å². The van der Waals surface area contributed by atoms with Gasteiger partial charge in [-0.15, -0.1) is 0 Å². The van der Waals surface area contributed by atoms with E-state index in [4.69, 9.17) is 17.3 Å². The third kappa shape index (κ3) is 4.16. The number of halogens is 1. The van der Waals surface area contributed by atoms with E-state index >= 15 is 0 Å². The lowest BCUT2D eigenvalue weighted by Gasteiger charge is -2.13. The second kappa shape index (κ2) is 5.82. The fourth-order valence-corrected chi connectivity index (χ4v) is 1.41. The molecule has 1 aromatic heterocycles. The molecule has 4 nitrogen and oxygen atoms in total. The molecule has 0 aliphatic carbocycles. The average Bonchev–Trinajstić information content (AvgIpc) is 2.20. The minimum Gasteiger partial charge on any atom is -0.323 e. The second-order valence-corrected chi connectivity index (χ2v) is 4.48. The van der Waals surface area contributed by atoms with E-state index in [-0.39, 0.29) is 5.91 Å². The molecule has 1 heterocycles. The van der Waals surface area contributed by atoms with E-state index in [1.165, 1.54) is 6.20 Å². The van der Waals surface area contributed by atoms with Gasteiger partial charge in [-0.1, -0.05) is 25.4 Å².